The lowest BCUT2D eigenvalue weighted by molar-refractivity contribution is -0.117. The van der Waals surface area contributed by atoms with E-state index in [-0.39, 0.29) is 24.0 Å². The zero-order chi connectivity index (χ0) is 25.2. The third-order valence-electron chi connectivity index (χ3n) is 6.38. The van der Waals surface area contributed by atoms with Gasteiger partial charge < -0.3 is 4.74 Å². The fourth-order valence-electron chi connectivity index (χ4n) is 4.59. The van der Waals surface area contributed by atoms with Crippen LogP contribution in [0, 0.1) is 5.92 Å². The van der Waals surface area contributed by atoms with Gasteiger partial charge in [0.25, 0.3) is 0 Å². The second kappa shape index (κ2) is 10.6. The van der Waals surface area contributed by atoms with Crippen LogP contribution >= 0.6 is 11.3 Å². The maximum atomic E-state index is 12.7. The number of methoxy groups -OCH3 is 1. The van der Waals surface area contributed by atoms with Crippen molar-refractivity contribution in [1.82, 2.24) is 9.88 Å². The fourth-order valence-corrected chi connectivity index (χ4v) is 6.63. The van der Waals surface area contributed by atoms with Crippen LogP contribution in [0.2, 0.25) is 0 Å². The summed E-state index contributed by atoms with van der Waals surface area (Å²) in [4.78, 5) is 21.7. The van der Waals surface area contributed by atoms with E-state index in [1.807, 2.05) is 12.1 Å². The molecule has 2 heterocycles. The molecule has 0 unspecified atom stereocenters. The van der Waals surface area contributed by atoms with Gasteiger partial charge >= 0.3 is 0 Å². The normalized spacial score (nSPS) is 16.0. The maximum Gasteiger partial charge on any atom is 0.178 e. The Morgan fingerprint density at radius 2 is 1.74 bits per heavy atom. The minimum Gasteiger partial charge on any atom is -0.497 e. The first-order valence-corrected chi connectivity index (χ1v) is 14.4. The van der Waals surface area contributed by atoms with Crippen LogP contribution in [0.25, 0.3) is 0 Å². The number of ether oxygens (including phenoxy) is 1. The smallest absolute Gasteiger partial charge is 0.178 e. The molecular weight excluding hydrogens is 480 g/mol. The Labute approximate surface area is 211 Å². The third-order valence-corrected chi connectivity index (χ3v) is 9.19. The first kappa shape index (κ1) is 25.5. The Balaban J connectivity index is 1.41. The summed E-state index contributed by atoms with van der Waals surface area (Å²) in [5, 5.41) is 0.861. The number of hydrogen-bond donors (Lipinski definition) is 0. The highest BCUT2D eigenvalue weighted by molar-refractivity contribution is 7.91. The highest BCUT2D eigenvalue weighted by Crippen LogP contribution is 2.42. The highest BCUT2D eigenvalue weighted by Gasteiger charge is 2.36. The number of sulfone groups is 1. The first-order chi connectivity index (χ1) is 16.7. The van der Waals surface area contributed by atoms with E-state index in [1.54, 1.807) is 49.6 Å². The molecule has 1 atom stereocenters. The number of fused-ring (bicyclic) bond motifs is 1. The largest absolute Gasteiger partial charge is 0.497 e. The Morgan fingerprint density at radius 3 is 2.34 bits per heavy atom. The SMILES string of the molecule is CCS(=O)(=O)c1ccc(CC(=O)Cc2nc3c(s2)CN(Cc2ccc(OC)cc2)[C@@H]3C(C)C)cc1. The molecule has 8 heteroatoms. The molecule has 0 amide bonds. The number of hydrogen-bond acceptors (Lipinski definition) is 7. The molecule has 0 saturated heterocycles. The Morgan fingerprint density at radius 1 is 1.09 bits per heavy atom. The summed E-state index contributed by atoms with van der Waals surface area (Å²) < 4.78 is 29.2. The van der Waals surface area contributed by atoms with Crippen molar-refractivity contribution in [1.29, 1.82) is 0 Å². The van der Waals surface area contributed by atoms with E-state index >= 15 is 0 Å². The van der Waals surface area contributed by atoms with Crippen molar-refractivity contribution in [3.05, 3.63) is 75.2 Å². The first-order valence-electron chi connectivity index (χ1n) is 11.9. The molecular formula is C27H32N2O4S2. The van der Waals surface area contributed by atoms with Crippen molar-refractivity contribution >= 4 is 27.0 Å². The van der Waals surface area contributed by atoms with Gasteiger partial charge in [0.15, 0.2) is 9.84 Å². The number of aromatic nitrogens is 1. The number of rotatable bonds is 10. The average Bonchev–Trinajstić information content (AvgIpc) is 3.36. The molecule has 1 aromatic heterocycles. The number of ketones is 1. The number of thiazole rings is 1. The number of carbonyl (C=O) groups is 1. The summed E-state index contributed by atoms with van der Waals surface area (Å²) in [5.41, 5.74) is 3.16. The molecule has 1 aliphatic heterocycles. The van der Waals surface area contributed by atoms with Gasteiger partial charge in [-0.25, -0.2) is 13.4 Å². The molecule has 2 aromatic carbocycles. The molecule has 0 fully saturated rings. The number of benzene rings is 2. The van der Waals surface area contributed by atoms with Gasteiger partial charge in [-0.2, -0.15) is 0 Å². The summed E-state index contributed by atoms with van der Waals surface area (Å²) in [5.74, 6) is 1.40. The van der Waals surface area contributed by atoms with Gasteiger partial charge in [-0.1, -0.05) is 45.0 Å². The summed E-state index contributed by atoms with van der Waals surface area (Å²) in [6.45, 7) is 7.73. The minimum atomic E-state index is -3.23. The monoisotopic (exact) mass is 512 g/mol. The van der Waals surface area contributed by atoms with Crippen LogP contribution in [0.15, 0.2) is 53.4 Å². The van der Waals surface area contributed by atoms with Crippen LogP contribution in [0.3, 0.4) is 0 Å². The summed E-state index contributed by atoms with van der Waals surface area (Å²) in [6.07, 6.45) is 0.573. The van der Waals surface area contributed by atoms with Crippen molar-refractivity contribution < 1.29 is 17.9 Å². The second-order valence-corrected chi connectivity index (χ2v) is 12.7. The lowest BCUT2D eigenvalue weighted by atomic mass is 10.0. The molecule has 186 valence electrons. The van der Waals surface area contributed by atoms with Crippen molar-refractivity contribution in [2.45, 2.75) is 57.6 Å². The van der Waals surface area contributed by atoms with E-state index < -0.39 is 9.84 Å². The van der Waals surface area contributed by atoms with Gasteiger partial charge in [0.05, 0.1) is 35.9 Å². The molecule has 0 spiro atoms. The van der Waals surface area contributed by atoms with Crippen molar-refractivity contribution in [3.63, 3.8) is 0 Å². The van der Waals surface area contributed by atoms with E-state index in [0.29, 0.717) is 17.2 Å². The van der Waals surface area contributed by atoms with Crippen molar-refractivity contribution in [2.24, 2.45) is 5.92 Å². The lowest BCUT2D eigenvalue weighted by Crippen LogP contribution is -2.26. The lowest BCUT2D eigenvalue weighted by Gasteiger charge is -2.27. The maximum absolute atomic E-state index is 12.7. The average molecular weight is 513 g/mol. The minimum absolute atomic E-state index is 0.0644. The number of carbonyl (C=O) groups excluding carboxylic acids is 1. The highest BCUT2D eigenvalue weighted by atomic mass is 32.2. The molecule has 1 aliphatic rings. The van der Waals surface area contributed by atoms with E-state index in [1.165, 1.54) is 10.4 Å². The Kier molecular flexibility index (Phi) is 7.73. The Bertz CT molecular complexity index is 1280. The quantitative estimate of drug-likeness (QED) is 0.380. The van der Waals surface area contributed by atoms with Gasteiger partial charge in [0.1, 0.15) is 16.5 Å². The summed E-state index contributed by atoms with van der Waals surface area (Å²) >= 11 is 1.64. The number of nitrogens with zero attached hydrogens (tertiary/aromatic N) is 2. The van der Waals surface area contributed by atoms with Crippen LogP contribution in [-0.4, -0.2) is 36.9 Å². The van der Waals surface area contributed by atoms with Gasteiger partial charge in [-0.15, -0.1) is 11.3 Å². The summed E-state index contributed by atoms with van der Waals surface area (Å²) in [6, 6.07) is 15.0. The molecule has 0 radical (unpaired) electrons. The van der Waals surface area contributed by atoms with Gasteiger partial charge in [-0.3, -0.25) is 9.69 Å². The van der Waals surface area contributed by atoms with Crippen LogP contribution in [0.5, 0.6) is 5.75 Å². The molecule has 3 aromatic rings. The van der Waals surface area contributed by atoms with Gasteiger partial charge in [0, 0.05) is 24.4 Å². The van der Waals surface area contributed by atoms with Gasteiger partial charge in [0.2, 0.25) is 0 Å². The predicted molar refractivity (Wildman–Crippen MR) is 139 cm³/mol. The zero-order valence-electron chi connectivity index (χ0n) is 20.7. The summed E-state index contributed by atoms with van der Waals surface area (Å²) in [7, 11) is -1.56. The van der Waals surface area contributed by atoms with E-state index in [0.717, 1.165) is 35.1 Å². The van der Waals surface area contributed by atoms with Crippen LogP contribution < -0.4 is 4.74 Å². The van der Waals surface area contributed by atoms with Crippen molar-refractivity contribution in [2.75, 3.05) is 12.9 Å². The van der Waals surface area contributed by atoms with E-state index in [4.69, 9.17) is 9.72 Å². The van der Waals surface area contributed by atoms with Crippen molar-refractivity contribution in [3.8, 4) is 5.75 Å². The molecule has 35 heavy (non-hydrogen) atoms. The van der Waals surface area contributed by atoms with E-state index in [9.17, 15) is 13.2 Å². The fraction of sp³-hybridized carbons (Fsp3) is 0.407. The zero-order valence-corrected chi connectivity index (χ0v) is 22.3. The van der Waals surface area contributed by atoms with Crippen LogP contribution in [0.4, 0.5) is 0 Å². The molecule has 0 N–H and O–H groups in total. The Hall–Kier alpha value is -2.55. The number of Topliss-reactive ketones (excluding diaryl/α,β-unsaturated/α-hetero) is 1. The molecule has 0 bridgehead atoms. The molecule has 0 saturated carbocycles. The van der Waals surface area contributed by atoms with Gasteiger partial charge in [-0.05, 0) is 41.3 Å². The predicted octanol–water partition coefficient (Wildman–Crippen LogP) is 5.01. The molecule has 0 aliphatic carbocycles. The topological polar surface area (TPSA) is 76.6 Å². The second-order valence-electron chi connectivity index (χ2n) is 9.30. The molecule has 6 nitrogen and oxygen atoms in total. The molecule has 4 rings (SSSR count). The van der Waals surface area contributed by atoms with Crippen LogP contribution in [-0.2, 0) is 40.6 Å². The third kappa shape index (κ3) is 5.82. The van der Waals surface area contributed by atoms with E-state index in [2.05, 4.69) is 30.9 Å². The standard InChI is InChI=1S/C27H32N2O4S2/c1-5-35(31,32)23-12-8-19(9-13-23)14-21(30)15-25-28-26-24(34-25)17-29(27(26)18(2)3)16-20-6-10-22(33-4)11-7-20/h6-13,18,27H,5,14-17H2,1-4H3/t27-/m1/s1. The van der Waals surface area contributed by atoms with Crippen LogP contribution in [0.1, 0.15) is 53.5 Å².